The van der Waals surface area contributed by atoms with Gasteiger partial charge >= 0.3 is 0 Å². The zero-order chi connectivity index (χ0) is 13.5. The summed E-state index contributed by atoms with van der Waals surface area (Å²) in [5.41, 5.74) is 8.02. The third kappa shape index (κ3) is 2.75. The second-order valence-electron chi connectivity index (χ2n) is 5.25. The molecule has 1 aromatic carbocycles. The number of nitrogens with zero attached hydrogens (tertiary/aromatic N) is 2. The maximum absolute atomic E-state index is 6.33. The van der Waals surface area contributed by atoms with Gasteiger partial charge in [-0.15, -0.1) is 12.4 Å². The molecule has 20 heavy (non-hydrogen) atoms. The van der Waals surface area contributed by atoms with Crippen LogP contribution < -0.4 is 5.73 Å². The Kier molecular flexibility index (Phi) is 4.52. The zero-order valence-corrected chi connectivity index (χ0v) is 13.6. The van der Waals surface area contributed by atoms with Crippen molar-refractivity contribution in [3.05, 3.63) is 34.1 Å². The molecule has 0 spiro atoms. The van der Waals surface area contributed by atoms with Crippen molar-refractivity contribution >= 4 is 28.3 Å². The molecule has 2 N–H and O–H groups in total. The summed E-state index contributed by atoms with van der Waals surface area (Å²) >= 11 is 3.51. The molecule has 1 aliphatic rings. The third-order valence-electron chi connectivity index (χ3n) is 3.79. The Morgan fingerprint density at radius 2 is 2.00 bits per heavy atom. The van der Waals surface area contributed by atoms with E-state index in [1.165, 1.54) is 5.56 Å². The number of nitrogens with two attached hydrogens (primary N) is 1. The lowest BCUT2D eigenvalue weighted by atomic mass is 9.99. The molecule has 0 amide bonds. The standard InChI is InChI=1S/C14H16BrN3O.ClH/c1-9-4-5-10(8-11(9)15)12-17-13(18-19-12)14(16)6-2-3-7-14;/h4-5,8H,2-3,6-7,16H2,1H3;1H. The summed E-state index contributed by atoms with van der Waals surface area (Å²) in [6, 6.07) is 6.00. The molecule has 1 saturated carbocycles. The number of aryl methyl sites for hydroxylation is 1. The molecule has 1 aliphatic carbocycles. The second kappa shape index (κ2) is 5.84. The molecule has 0 unspecified atom stereocenters. The fourth-order valence-corrected chi connectivity index (χ4v) is 2.88. The molecule has 4 nitrogen and oxygen atoms in total. The van der Waals surface area contributed by atoms with E-state index in [4.69, 9.17) is 10.3 Å². The predicted molar refractivity (Wildman–Crippen MR) is 83.8 cm³/mol. The van der Waals surface area contributed by atoms with Crippen LogP contribution in [0.5, 0.6) is 0 Å². The monoisotopic (exact) mass is 357 g/mol. The van der Waals surface area contributed by atoms with Gasteiger partial charge in [-0.2, -0.15) is 4.98 Å². The normalized spacial score (nSPS) is 16.9. The topological polar surface area (TPSA) is 64.9 Å². The van der Waals surface area contributed by atoms with Crippen molar-refractivity contribution in [3.63, 3.8) is 0 Å². The Morgan fingerprint density at radius 3 is 2.65 bits per heavy atom. The Labute approximate surface area is 132 Å². The minimum Gasteiger partial charge on any atom is -0.334 e. The first kappa shape index (κ1) is 15.5. The van der Waals surface area contributed by atoms with E-state index < -0.39 is 5.54 Å². The maximum atomic E-state index is 6.33. The molecule has 108 valence electrons. The van der Waals surface area contributed by atoms with E-state index in [9.17, 15) is 0 Å². The van der Waals surface area contributed by atoms with Crippen LogP contribution in [0.25, 0.3) is 11.5 Å². The molecule has 0 radical (unpaired) electrons. The van der Waals surface area contributed by atoms with Gasteiger partial charge in [0.2, 0.25) is 0 Å². The van der Waals surface area contributed by atoms with Crippen molar-refractivity contribution in [1.82, 2.24) is 10.1 Å². The summed E-state index contributed by atoms with van der Waals surface area (Å²) in [5.74, 6) is 1.17. The smallest absolute Gasteiger partial charge is 0.258 e. The minimum atomic E-state index is -0.399. The van der Waals surface area contributed by atoms with Crippen LogP contribution in [0.15, 0.2) is 27.2 Å². The summed E-state index contributed by atoms with van der Waals surface area (Å²) in [5, 5.41) is 4.07. The summed E-state index contributed by atoms with van der Waals surface area (Å²) in [7, 11) is 0. The summed E-state index contributed by atoms with van der Waals surface area (Å²) < 4.78 is 6.40. The quantitative estimate of drug-likeness (QED) is 0.882. The average Bonchev–Trinajstić information content (AvgIpc) is 3.02. The SMILES string of the molecule is Cc1ccc(-c2nc(C3(N)CCCC3)no2)cc1Br.Cl. The fourth-order valence-electron chi connectivity index (χ4n) is 2.50. The Bertz CT molecular complexity index is 608. The van der Waals surface area contributed by atoms with Crippen molar-refractivity contribution in [2.24, 2.45) is 5.73 Å². The zero-order valence-electron chi connectivity index (χ0n) is 11.2. The second-order valence-corrected chi connectivity index (χ2v) is 6.10. The van der Waals surface area contributed by atoms with Crippen molar-refractivity contribution < 1.29 is 4.52 Å². The summed E-state index contributed by atoms with van der Waals surface area (Å²) in [6.45, 7) is 2.04. The lowest BCUT2D eigenvalue weighted by molar-refractivity contribution is 0.372. The number of rotatable bonds is 2. The van der Waals surface area contributed by atoms with Crippen LogP contribution in [0.2, 0.25) is 0 Å². The Morgan fingerprint density at radius 1 is 1.30 bits per heavy atom. The van der Waals surface area contributed by atoms with E-state index in [0.717, 1.165) is 35.7 Å². The predicted octanol–water partition coefficient (Wildman–Crippen LogP) is 3.96. The van der Waals surface area contributed by atoms with Crippen LogP contribution in [0.1, 0.15) is 37.1 Å². The third-order valence-corrected chi connectivity index (χ3v) is 4.64. The largest absolute Gasteiger partial charge is 0.334 e. The van der Waals surface area contributed by atoms with Crippen LogP contribution in [-0.4, -0.2) is 10.1 Å². The van der Waals surface area contributed by atoms with Crippen molar-refractivity contribution in [2.75, 3.05) is 0 Å². The molecule has 3 rings (SSSR count). The van der Waals surface area contributed by atoms with E-state index in [1.54, 1.807) is 0 Å². The molecule has 1 aromatic heterocycles. The first-order valence-corrected chi connectivity index (χ1v) is 7.27. The molecule has 2 aromatic rings. The van der Waals surface area contributed by atoms with E-state index >= 15 is 0 Å². The molecule has 1 fully saturated rings. The first-order valence-electron chi connectivity index (χ1n) is 6.48. The van der Waals surface area contributed by atoms with Gasteiger partial charge in [0, 0.05) is 10.0 Å². The lowest BCUT2D eigenvalue weighted by Gasteiger charge is -2.17. The number of halogens is 2. The van der Waals surface area contributed by atoms with Gasteiger partial charge in [0.05, 0.1) is 5.54 Å². The molecule has 0 atom stereocenters. The molecule has 6 heteroatoms. The number of hydrogen-bond donors (Lipinski definition) is 1. The highest BCUT2D eigenvalue weighted by molar-refractivity contribution is 9.10. The summed E-state index contributed by atoms with van der Waals surface area (Å²) in [4.78, 5) is 4.48. The highest BCUT2D eigenvalue weighted by Crippen LogP contribution is 2.35. The van der Waals surface area contributed by atoms with Gasteiger partial charge in [-0.3, -0.25) is 0 Å². The molecular formula is C14H17BrClN3O. The molecule has 0 bridgehead atoms. The van der Waals surface area contributed by atoms with Crippen LogP contribution in [0.4, 0.5) is 0 Å². The first-order chi connectivity index (χ1) is 9.08. The van der Waals surface area contributed by atoms with Crippen LogP contribution >= 0.6 is 28.3 Å². The fraction of sp³-hybridized carbons (Fsp3) is 0.429. The van der Waals surface area contributed by atoms with Crippen LogP contribution in [0, 0.1) is 6.92 Å². The van der Waals surface area contributed by atoms with Crippen molar-refractivity contribution in [2.45, 2.75) is 38.1 Å². The van der Waals surface area contributed by atoms with Gasteiger partial charge in [0.1, 0.15) is 0 Å². The number of hydrogen-bond acceptors (Lipinski definition) is 4. The van der Waals surface area contributed by atoms with Crippen molar-refractivity contribution in [3.8, 4) is 11.5 Å². The van der Waals surface area contributed by atoms with E-state index in [2.05, 4.69) is 26.1 Å². The van der Waals surface area contributed by atoms with Crippen LogP contribution in [-0.2, 0) is 5.54 Å². The minimum absolute atomic E-state index is 0. The van der Waals surface area contributed by atoms with Gasteiger partial charge in [0.15, 0.2) is 5.82 Å². The van der Waals surface area contributed by atoms with E-state index in [0.29, 0.717) is 11.7 Å². The van der Waals surface area contributed by atoms with Crippen molar-refractivity contribution in [1.29, 1.82) is 0 Å². The number of aromatic nitrogens is 2. The number of benzene rings is 1. The van der Waals surface area contributed by atoms with E-state index in [-0.39, 0.29) is 12.4 Å². The molecule has 0 aliphatic heterocycles. The van der Waals surface area contributed by atoms with Gasteiger partial charge in [-0.05, 0) is 37.5 Å². The Hall–Kier alpha value is -0.910. The average molecular weight is 359 g/mol. The Balaban J connectivity index is 0.00000147. The lowest BCUT2D eigenvalue weighted by Crippen LogP contribution is -2.34. The van der Waals surface area contributed by atoms with Gasteiger partial charge in [-0.1, -0.05) is 40.0 Å². The van der Waals surface area contributed by atoms with Crippen LogP contribution in [0.3, 0.4) is 0 Å². The summed E-state index contributed by atoms with van der Waals surface area (Å²) in [6.07, 6.45) is 4.14. The molecule has 1 heterocycles. The van der Waals surface area contributed by atoms with Gasteiger partial charge < -0.3 is 10.3 Å². The van der Waals surface area contributed by atoms with Gasteiger partial charge in [0.25, 0.3) is 5.89 Å². The highest BCUT2D eigenvalue weighted by atomic mass is 79.9. The maximum Gasteiger partial charge on any atom is 0.258 e. The van der Waals surface area contributed by atoms with Gasteiger partial charge in [-0.25, -0.2) is 0 Å². The highest BCUT2D eigenvalue weighted by Gasteiger charge is 2.36. The molecular weight excluding hydrogens is 342 g/mol. The van der Waals surface area contributed by atoms with E-state index in [1.807, 2.05) is 25.1 Å². The molecule has 0 saturated heterocycles.